The molecule has 5 heteroatoms. The largest absolute Gasteiger partial charge is 0.475 e. The lowest BCUT2D eigenvalue weighted by molar-refractivity contribution is 0.0678. The van der Waals surface area contributed by atoms with Gasteiger partial charge >= 0.3 is 5.97 Å². The summed E-state index contributed by atoms with van der Waals surface area (Å²) in [7, 11) is 0. The molecule has 0 bridgehead atoms. The van der Waals surface area contributed by atoms with E-state index >= 15 is 0 Å². The molecule has 1 N–H and O–H groups in total. The summed E-state index contributed by atoms with van der Waals surface area (Å²) in [4.78, 5) is 15.2. The third-order valence-electron chi connectivity index (χ3n) is 2.75. The van der Waals surface area contributed by atoms with Gasteiger partial charge in [-0.1, -0.05) is 11.6 Å². The molecule has 4 nitrogen and oxygen atoms in total. The molecule has 1 aliphatic carbocycles. The predicted octanol–water partition coefficient (Wildman–Crippen LogP) is 2.72. The summed E-state index contributed by atoms with van der Waals surface area (Å²) in [5, 5.41) is 9.67. The van der Waals surface area contributed by atoms with Crippen molar-refractivity contribution < 1.29 is 9.90 Å². The van der Waals surface area contributed by atoms with Crippen LogP contribution in [0.4, 0.5) is 0 Å². The molecule has 0 radical (unpaired) electrons. The Morgan fingerprint density at radius 1 is 1.50 bits per heavy atom. The van der Waals surface area contributed by atoms with E-state index in [0.29, 0.717) is 10.5 Å². The maximum Gasteiger partial charge on any atom is 0.372 e. The first-order valence-electron chi connectivity index (χ1n) is 5.07. The van der Waals surface area contributed by atoms with Crippen molar-refractivity contribution in [1.29, 1.82) is 0 Å². The molecule has 1 aliphatic rings. The van der Waals surface area contributed by atoms with Crippen LogP contribution in [0.3, 0.4) is 0 Å². The van der Waals surface area contributed by atoms with Crippen LogP contribution in [-0.2, 0) is 0 Å². The van der Waals surface area contributed by atoms with E-state index in [1.165, 1.54) is 0 Å². The standard InChI is InChI=1S/C11H9ClN2O2/c12-6-1-4-9-8(5-6)13-10(11(15)16)14(9)7-2-3-7/h1,4-5,7H,2-3H2,(H,15,16). The van der Waals surface area contributed by atoms with Crippen LogP contribution in [0, 0.1) is 0 Å². The number of rotatable bonds is 2. The predicted molar refractivity (Wildman–Crippen MR) is 60.0 cm³/mol. The minimum Gasteiger partial charge on any atom is -0.475 e. The maximum absolute atomic E-state index is 11.1. The van der Waals surface area contributed by atoms with E-state index in [1.54, 1.807) is 16.7 Å². The highest BCUT2D eigenvalue weighted by molar-refractivity contribution is 6.31. The number of carboxylic acids is 1. The van der Waals surface area contributed by atoms with Gasteiger partial charge in [0.1, 0.15) is 0 Å². The van der Waals surface area contributed by atoms with Crippen molar-refractivity contribution in [3.63, 3.8) is 0 Å². The lowest BCUT2D eigenvalue weighted by Crippen LogP contribution is -2.08. The number of halogens is 1. The number of carbonyl (C=O) groups is 1. The van der Waals surface area contributed by atoms with E-state index < -0.39 is 5.97 Å². The van der Waals surface area contributed by atoms with Gasteiger partial charge < -0.3 is 9.67 Å². The minimum absolute atomic E-state index is 0.111. The summed E-state index contributed by atoms with van der Waals surface area (Å²) in [5.74, 6) is -0.876. The Bertz CT molecular complexity index is 587. The highest BCUT2D eigenvalue weighted by Gasteiger charge is 2.30. The normalized spacial score (nSPS) is 15.6. The van der Waals surface area contributed by atoms with Gasteiger partial charge in [-0.3, -0.25) is 0 Å². The van der Waals surface area contributed by atoms with Gasteiger partial charge in [-0.2, -0.15) is 0 Å². The van der Waals surface area contributed by atoms with Crippen LogP contribution in [0.1, 0.15) is 29.5 Å². The van der Waals surface area contributed by atoms with Crippen LogP contribution >= 0.6 is 11.6 Å². The Labute approximate surface area is 96.5 Å². The van der Waals surface area contributed by atoms with Gasteiger partial charge in [-0.05, 0) is 31.0 Å². The number of benzene rings is 1. The fourth-order valence-corrected chi connectivity index (χ4v) is 2.09. The number of carboxylic acid groups (broad SMARTS) is 1. The molecule has 3 rings (SSSR count). The van der Waals surface area contributed by atoms with Crippen LogP contribution in [0.15, 0.2) is 18.2 Å². The zero-order chi connectivity index (χ0) is 11.3. The van der Waals surface area contributed by atoms with Crippen molar-refractivity contribution in [3.8, 4) is 0 Å². The van der Waals surface area contributed by atoms with E-state index in [1.807, 2.05) is 6.07 Å². The van der Waals surface area contributed by atoms with E-state index in [2.05, 4.69) is 4.98 Å². The number of hydrogen-bond donors (Lipinski definition) is 1. The van der Waals surface area contributed by atoms with Crippen LogP contribution < -0.4 is 0 Å². The Morgan fingerprint density at radius 3 is 2.88 bits per heavy atom. The molecular weight excluding hydrogens is 228 g/mol. The van der Waals surface area contributed by atoms with Crippen LogP contribution in [0.2, 0.25) is 5.02 Å². The molecule has 1 aromatic carbocycles. The molecular formula is C11H9ClN2O2. The minimum atomic E-state index is -0.987. The number of nitrogens with zero attached hydrogens (tertiary/aromatic N) is 2. The zero-order valence-electron chi connectivity index (χ0n) is 8.35. The Hall–Kier alpha value is -1.55. The second kappa shape index (κ2) is 3.22. The summed E-state index contributed by atoms with van der Waals surface area (Å²) in [6.45, 7) is 0. The third-order valence-corrected chi connectivity index (χ3v) is 2.99. The Kier molecular flexibility index (Phi) is 1.94. The highest BCUT2D eigenvalue weighted by atomic mass is 35.5. The molecule has 1 heterocycles. The third kappa shape index (κ3) is 1.38. The van der Waals surface area contributed by atoms with Gasteiger partial charge in [0, 0.05) is 11.1 Å². The van der Waals surface area contributed by atoms with Crippen LogP contribution in [0.25, 0.3) is 11.0 Å². The summed E-state index contributed by atoms with van der Waals surface area (Å²) >= 11 is 5.86. The molecule has 16 heavy (non-hydrogen) atoms. The zero-order valence-corrected chi connectivity index (χ0v) is 9.11. The van der Waals surface area contributed by atoms with E-state index in [-0.39, 0.29) is 11.9 Å². The van der Waals surface area contributed by atoms with Gasteiger partial charge in [0.25, 0.3) is 0 Å². The molecule has 1 saturated carbocycles. The van der Waals surface area contributed by atoms with Gasteiger partial charge in [-0.25, -0.2) is 9.78 Å². The van der Waals surface area contributed by atoms with E-state index in [4.69, 9.17) is 16.7 Å². The van der Waals surface area contributed by atoms with E-state index in [0.717, 1.165) is 18.4 Å². The van der Waals surface area contributed by atoms with Gasteiger partial charge in [-0.15, -0.1) is 0 Å². The molecule has 0 amide bonds. The summed E-state index contributed by atoms with van der Waals surface area (Å²) in [6, 6.07) is 5.57. The monoisotopic (exact) mass is 236 g/mol. The lowest BCUT2D eigenvalue weighted by atomic mass is 10.3. The Morgan fingerprint density at radius 2 is 2.25 bits per heavy atom. The SMILES string of the molecule is O=C(O)c1nc2cc(Cl)ccc2n1C1CC1. The van der Waals surface area contributed by atoms with Gasteiger partial charge in [0.2, 0.25) is 5.82 Å². The number of aromatic nitrogens is 2. The van der Waals surface area contributed by atoms with Gasteiger partial charge in [0.05, 0.1) is 11.0 Å². The van der Waals surface area contributed by atoms with Crippen LogP contribution in [-0.4, -0.2) is 20.6 Å². The molecule has 1 fully saturated rings. The molecule has 0 spiro atoms. The first kappa shape index (κ1) is 9.66. The first-order valence-corrected chi connectivity index (χ1v) is 5.45. The number of hydrogen-bond acceptors (Lipinski definition) is 2. The quantitative estimate of drug-likeness (QED) is 0.872. The fraction of sp³-hybridized carbons (Fsp3) is 0.273. The molecule has 0 atom stereocenters. The van der Waals surface area contributed by atoms with Crippen molar-refractivity contribution in [2.24, 2.45) is 0 Å². The van der Waals surface area contributed by atoms with Gasteiger partial charge in [0.15, 0.2) is 0 Å². The second-order valence-corrected chi connectivity index (χ2v) is 4.41. The molecule has 0 aliphatic heterocycles. The second-order valence-electron chi connectivity index (χ2n) is 3.97. The summed E-state index contributed by atoms with van der Waals surface area (Å²) in [6.07, 6.45) is 2.04. The average Bonchev–Trinajstić information content (AvgIpc) is 2.99. The van der Waals surface area contributed by atoms with Crippen molar-refractivity contribution in [2.45, 2.75) is 18.9 Å². The van der Waals surface area contributed by atoms with Crippen molar-refractivity contribution in [2.75, 3.05) is 0 Å². The first-order chi connectivity index (χ1) is 7.66. The summed E-state index contributed by atoms with van der Waals surface area (Å²) in [5.41, 5.74) is 1.50. The highest BCUT2D eigenvalue weighted by Crippen LogP contribution is 2.38. The number of aromatic carboxylic acids is 1. The number of imidazole rings is 1. The smallest absolute Gasteiger partial charge is 0.372 e. The average molecular weight is 237 g/mol. The topological polar surface area (TPSA) is 55.1 Å². The van der Waals surface area contributed by atoms with Crippen molar-refractivity contribution in [3.05, 3.63) is 29.0 Å². The van der Waals surface area contributed by atoms with Crippen LogP contribution in [0.5, 0.6) is 0 Å². The molecule has 1 aromatic heterocycles. The molecule has 0 unspecified atom stereocenters. The lowest BCUT2D eigenvalue weighted by Gasteiger charge is -2.03. The fourth-order valence-electron chi connectivity index (χ4n) is 1.93. The van der Waals surface area contributed by atoms with E-state index in [9.17, 15) is 4.79 Å². The Balaban J connectivity index is 2.32. The molecule has 82 valence electrons. The van der Waals surface area contributed by atoms with Crippen molar-refractivity contribution in [1.82, 2.24) is 9.55 Å². The maximum atomic E-state index is 11.1. The van der Waals surface area contributed by atoms with Crippen molar-refractivity contribution >= 4 is 28.6 Å². The number of fused-ring (bicyclic) bond motifs is 1. The molecule has 2 aromatic rings. The summed E-state index contributed by atoms with van der Waals surface area (Å²) < 4.78 is 1.80. The molecule has 0 saturated heterocycles.